The third-order valence-corrected chi connectivity index (χ3v) is 3.97. The zero-order chi connectivity index (χ0) is 15.4. The summed E-state index contributed by atoms with van der Waals surface area (Å²) in [5.74, 6) is -0.225. The smallest absolute Gasteiger partial charge is 0.255 e. The molecule has 1 amide bonds. The van der Waals surface area contributed by atoms with Gasteiger partial charge in [-0.1, -0.05) is 0 Å². The van der Waals surface area contributed by atoms with Crippen LogP contribution in [0.1, 0.15) is 17.3 Å². The Bertz CT molecular complexity index is 677. The molecule has 3 nitrogen and oxygen atoms in total. The van der Waals surface area contributed by atoms with Crippen molar-refractivity contribution >= 4 is 43.5 Å². The molecule has 0 saturated heterocycles. The van der Waals surface area contributed by atoms with E-state index in [1.54, 1.807) is 24.3 Å². The van der Waals surface area contributed by atoms with Crippen molar-refractivity contribution in [2.75, 3.05) is 11.9 Å². The van der Waals surface area contributed by atoms with Crippen molar-refractivity contribution in [2.45, 2.75) is 6.92 Å². The topological polar surface area (TPSA) is 38.3 Å². The fourth-order valence-electron chi connectivity index (χ4n) is 1.69. The highest BCUT2D eigenvalue weighted by Crippen LogP contribution is 2.28. The van der Waals surface area contributed by atoms with E-state index >= 15 is 0 Å². The maximum absolute atomic E-state index is 13.4. The Morgan fingerprint density at radius 3 is 2.57 bits per heavy atom. The number of carbonyl (C=O) groups is 1. The predicted octanol–water partition coefficient (Wildman–Crippen LogP) is 5.00. The van der Waals surface area contributed by atoms with Crippen LogP contribution in [0.2, 0.25) is 0 Å². The summed E-state index contributed by atoms with van der Waals surface area (Å²) in [5.41, 5.74) is 0.826. The van der Waals surface area contributed by atoms with Gasteiger partial charge in [-0.15, -0.1) is 0 Å². The highest BCUT2D eigenvalue weighted by Gasteiger charge is 2.10. The number of carbonyl (C=O) groups excluding carboxylic acids is 1. The lowest BCUT2D eigenvalue weighted by molar-refractivity contribution is 0.102. The van der Waals surface area contributed by atoms with Gasteiger partial charge in [-0.2, -0.15) is 0 Å². The fourth-order valence-corrected chi connectivity index (χ4v) is 2.30. The second-order valence-electron chi connectivity index (χ2n) is 4.16. The van der Waals surface area contributed by atoms with E-state index in [0.29, 0.717) is 22.5 Å². The molecule has 0 atom stereocenters. The van der Waals surface area contributed by atoms with E-state index in [9.17, 15) is 9.18 Å². The summed E-state index contributed by atoms with van der Waals surface area (Å²) in [5, 5.41) is 2.71. The molecule has 0 heterocycles. The van der Waals surface area contributed by atoms with Crippen LogP contribution >= 0.6 is 31.9 Å². The molecular formula is C15H12Br2FNO2. The maximum atomic E-state index is 13.4. The summed E-state index contributed by atoms with van der Waals surface area (Å²) in [6, 6.07) is 9.45. The molecule has 21 heavy (non-hydrogen) atoms. The number of anilines is 1. The number of ether oxygens (including phenoxy) is 1. The first-order valence-corrected chi connectivity index (χ1v) is 7.78. The van der Waals surface area contributed by atoms with Gasteiger partial charge in [0.15, 0.2) is 0 Å². The highest BCUT2D eigenvalue weighted by atomic mass is 79.9. The SMILES string of the molecule is CCOc1cc(NC(=O)c2ccc(Br)c(F)c2)ccc1Br. The summed E-state index contributed by atoms with van der Waals surface area (Å²) in [6.07, 6.45) is 0. The molecule has 0 saturated carbocycles. The molecule has 2 rings (SSSR count). The van der Waals surface area contributed by atoms with Crippen molar-refractivity contribution in [3.05, 3.63) is 56.7 Å². The molecule has 2 aromatic carbocycles. The van der Waals surface area contributed by atoms with Crippen molar-refractivity contribution in [3.63, 3.8) is 0 Å². The fraction of sp³-hybridized carbons (Fsp3) is 0.133. The molecule has 1 N–H and O–H groups in total. The van der Waals surface area contributed by atoms with Crippen LogP contribution in [0.4, 0.5) is 10.1 Å². The van der Waals surface area contributed by atoms with Crippen molar-refractivity contribution < 1.29 is 13.9 Å². The van der Waals surface area contributed by atoms with Crippen LogP contribution in [-0.2, 0) is 0 Å². The molecule has 0 aromatic heterocycles. The van der Waals surface area contributed by atoms with E-state index < -0.39 is 5.82 Å². The minimum atomic E-state index is -0.478. The minimum absolute atomic E-state index is 0.247. The Hall–Kier alpha value is -1.40. The van der Waals surface area contributed by atoms with Crippen LogP contribution < -0.4 is 10.1 Å². The second-order valence-corrected chi connectivity index (χ2v) is 5.87. The number of rotatable bonds is 4. The van der Waals surface area contributed by atoms with Gasteiger partial charge in [-0.05, 0) is 69.1 Å². The summed E-state index contributed by atoms with van der Waals surface area (Å²) >= 11 is 6.42. The second kappa shape index (κ2) is 7.04. The van der Waals surface area contributed by atoms with E-state index in [2.05, 4.69) is 37.2 Å². The normalized spacial score (nSPS) is 10.3. The van der Waals surface area contributed by atoms with Gasteiger partial charge in [-0.3, -0.25) is 4.79 Å². The Kier molecular flexibility index (Phi) is 5.36. The van der Waals surface area contributed by atoms with Crippen molar-refractivity contribution in [3.8, 4) is 5.75 Å². The van der Waals surface area contributed by atoms with Crippen LogP contribution in [0.25, 0.3) is 0 Å². The molecular weight excluding hydrogens is 405 g/mol. The number of hydrogen-bond acceptors (Lipinski definition) is 2. The van der Waals surface area contributed by atoms with E-state index in [1.807, 2.05) is 6.92 Å². The van der Waals surface area contributed by atoms with Crippen LogP contribution in [0.3, 0.4) is 0 Å². The van der Waals surface area contributed by atoms with Gasteiger partial charge in [-0.25, -0.2) is 4.39 Å². The zero-order valence-electron chi connectivity index (χ0n) is 11.1. The maximum Gasteiger partial charge on any atom is 0.255 e. The van der Waals surface area contributed by atoms with Gasteiger partial charge in [0.25, 0.3) is 5.91 Å². The predicted molar refractivity (Wildman–Crippen MR) is 87.4 cm³/mol. The lowest BCUT2D eigenvalue weighted by Gasteiger charge is -2.10. The van der Waals surface area contributed by atoms with Crippen LogP contribution in [0, 0.1) is 5.82 Å². The van der Waals surface area contributed by atoms with Gasteiger partial charge in [0.2, 0.25) is 0 Å². The molecule has 0 unspecified atom stereocenters. The average Bonchev–Trinajstić information content (AvgIpc) is 2.45. The number of benzene rings is 2. The molecule has 0 aliphatic carbocycles. The first kappa shape index (κ1) is 16.0. The highest BCUT2D eigenvalue weighted by molar-refractivity contribution is 9.10. The van der Waals surface area contributed by atoms with Crippen LogP contribution in [-0.4, -0.2) is 12.5 Å². The largest absolute Gasteiger partial charge is 0.493 e. The summed E-state index contributed by atoms with van der Waals surface area (Å²) in [4.78, 5) is 12.1. The van der Waals surface area contributed by atoms with Gasteiger partial charge in [0.05, 0.1) is 15.6 Å². The monoisotopic (exact) mass is 415 g/mol. The summed E-state index contributed by atoms with van der Waals surface area (Å²) < 4.78 is 20.0. The summed E-state index contributed by atoms with van der Waals surface area (Å²) in [7, 11) is 0. The Balaban J connectivity index is 2.19. The average molecular weight is 417 g/mol. The third kappa shape index (κ3) is 4.04. The molecule has 2 aromatic rings. The summed E-state index contributed by atoms with van der Waals surface area (Å²) in [6.45, 7) is 2.40. The number of amides is 1. The van der Waals surface area contributed by atoms with Gasteiger partial charge in [0, 0.05) is 17.3 Å². The number of hydrogen-bond donors (Lipinski definition) is 1. The number of halogens is 3. The first-order valence-electron chi connectivity index (χ1n) is 6.20. The molecule has 0 bridgehead atoms. The third-order valence-electron chi connectivity index (χ3n) is 2.67. The Labute approximate surface area is 138 Å². The molecule has 6 heteroatoms. The Morgan fingerprint density at radius 2 is 1.90 bits per heavy atom. The van der Waals surface area contributed by atoms with E-state index in [4.69, 9.17) is 4.74 Å². The van der Waals surface area contributed by atoms with E-state index in [0.717, 1.165) is 4.47 Å². The van der Waals surface area contributed by atoms with Crippen LogP contribution in [0.5, 0.6) is 5.75 Å². The minimum Gasteiger partial charge on any atom is -0.493 e. The lowest BCUT2D eigenvalue weighted by Crippen LogP contribution is -2.12. The number of nitrogens with one attached hydrogen (secondary N) is 1. The van der Waals surface area contributed by atoms with Crippen LogP contribution in [0.15, 0.2) is 45.3 Å². The quantitative estimate of drug-likeness (QED) is 0.761. The molecule has 0 aliphatic heterocycles. The van der Waals surface area contributed by atoms with Gasteiger partial charge >= 0.3 is 0 Å². The van der Waals surface area contributed by atoms with Gasteiger partial charge < -0.3 is 10.1 Å². The standard InChI is InChI=1S/C15H12Br2FNO2/c1-2-21-14-8-10(4-6-12(14)17)19-15(20)9-3-5-11(16)13(18)7-9/h3-8H,2H2,1H3,(H,19,20). The lowest BCUT2D eigenvalue weighted by atomic mass is 10.2. The van der Waals surface area contributed by atoms with Crippen molar-refractivity contribution in [2.24, 2.45) is 0 Å². The Morgan fingerprint density at radius 1 is 1.19 bits per heavy atom. The van der Waals surface area contributed by atoms with Gasteiger partial charge in [0.1, 0.15) is 11.6 Å². The molecule has 0 aliphatic rings. The molecule has 110 valence electrons. The first-order chi connectivity index (χ1) is 10.0. The zero-order valence-corrected chi connectivity index (χ0v) is 14.3. The van der Waals surface area contributed by atoms with Crippen molar-refractivity contribution in [1.82, 2.24) is 0 Å². The molecule has 0 spiro atoms. The molecule has 0 fully saturated rings. The van der Waals surface area contributed by atoms with Crippen molar-refractivity contribution in [1.29, 1.82) is 0 Å². The van der Waals surface area contributed by atoms with E-state index in [1.165, 1.54) is 12.1 Å². The molecule has 0 radical (unpaired) electrons. The van der Waals surface area contributed by atoms with E-state index in [-0.39, 0.29) is 11.5 Å².